The molecule has 0 bridgehead atoms. The van der Waals surface area contributed by atoms with E-state index in [-0.39, 0.29) is 11.7 Å². The number of piperidine rings is 1. The van der Waals surface area contributed by atoms with Crippen molar-refractivity contribution in [3.63, 3.8) is 0 Å². The van der Waals surface area contributed by atoms with Gasteiger partial charge in [-0.2, -0.15) is 5.10 Å². The van der Waals surface area contributed by atoms with Gasteiger partial charge < -0.3 is 4.74 Å². The Kier molecular flexibility index (Phi) is 6.44. The number of fused-ring (bicyclic) bond motifs is 1. The second-order valence-corrected chi connectivity index (χ2v) is 8.30. The summed E-state index contributed by atoms with van der Waals surface area (Å²) in [7, 11) is 0. The fourth-order valence-electron chi connectivity index (χ4n) is 3.76. The number of rotatable bonds is 6. The molecule has 0 spiro atoms. The van der Waals surface area contributed by atoms with Crippen molar-refractivity contribution in [1.29, 1.82) is 0 Å². The van der Waals surface area contributed by atoms with Crippen LogP contribution in [0.15, 0.2) is 53.1 Å². The van der Waals surface area contributed by atoms with Crippen LogP contribution in [0.5, 0.6) is 0 Å². The molecule has 1 aliphatic rings. The third kappa shape index (κ3) is 4.88. The fraction of sp³-hybridized carbons (Fsp3) is 0.318. The molecule has 2 aromatic carbocycles. The number of anilines is 1. The van der Waals surface area contributed by atoms with Crippen molar-refractivity contribution in [3.8, 4) is 0 Å². The summed E-state index contributed by atoms with van der Waals surface area (Å²) in [5, 5.41) is 10.5. The highest BCUT2D eigenvalue weighted by molar-refractivity contribution is 9.10. The van der Waals surface area contributed by atoms with Gasteiger partial charge in [-0.05, 0) is 50.2 Å². The molecule has 2 N–H and O–H groups in total. The van der Waals surface area contributed by atoms with Crippen molar-refractivity contribution in [2.24, 2.45) is 5.92 Å². The number of likely N-dealkylation sites (tertiary alicyclic amines) is 1. The standard InChI is InChI=1S/C22H23BrN4O3/c23-17-6-4-15(5-7-17)21(28)16-8-10-27(11-9-16)12-13-30-22(29)25-19-2-1-3-20-18(19)14-24-26-20/h1-7,14,16H,8-13H2,(H,24,26)(H,25,29). The Morgan fingerprint density at radius 3 is 2.70 bits per heavy atom. The predicted octanol–water partition coefficient (Wildman–Crippen LogP) is 4.47. The molecule has 0 saturated carbocycles. The second kappa shape index (κ2) is 9.40. The van der Waals surface area contributed by atoms with Crippen LogP contribution in [0.2, 0.25) is 0 Å². The van der Waals surface area contributed by atoms with E-state index < -0.39 is 6.09 Å². The molecule has 0 atom stereocenters. The van der Waals surface area contributed by atoms with Crippen molar-refractivity contribution < 1.29 is 14.3 Å². The van der Waals surface area contributed by atoms with Crippen molar-refractivity contribution in [3.05, 3.63) is 58.7 Å². The maximum Gasteiger partial charge on any atom is 0.411 e. The van der Waals surface area contributed by atoms with Crippen LogP contribution in [0, 0.1) is 5.92 Å². The smallest absolute Gasteiger partial charge is 0.411 e. The minimum Gasteiger partial charge on any atom is -0.448 e. The number of hydrogen-bond donors (Lipinski definition) is 2. The number of carbonyl (C=O) groups excluding carboxylic acids is 2. The summed E-state index contributed by atoms with van der Waals surface area (Å²) in [6.45, 7) is 2.61. The molecule has 3 aromatic rings. The lowest BCUT2D eigenvalue weighted by molar-refractivity contribution is 0.0813. The van der Waals surface area contributed by atoms with Gasteiger partial charge >= 0.3 is 6.09 Å². The molecular weight excluding hydrogens is 448 g/mol. The molecule has 0 unspecified atom stereocenters. The fourth-order valence-corrected chi connectivity index (χ4v) is 4.02. The summed E-state index contributed by atoms with van der Waals surface area (Å²) >= 11 is 3.40. The van der Waals surface area contributed by atoms with Gasteiger partial charge in [-0.25, -0.2) is 4.79 Å². The third-order valence-electron chi connectivity index (χ3n) is 5.45. The monoisotopic (exact) mass is 470 g/mol. The van der Waals surface area contributed by atoms with Gasteiger partial charge in [0.1, 0.15) is 6.61 Å². The Labute approximate surface area is 182 Å². The summed E-state index contributed by atoms with van der Waals surface area (Å²) in [5.74, 6) is 0.272. The molecule has 8 heteroatoms. The molecule has 1 saturated heterocycles. The van der Waals surface area contributed by atoms with Crippen LogP contribution in [0.25, 0.3) is 10.9 Å². The average molecular weight is 471 g/mol. The lowest BCUT2D eigenvalue weighted by Crippen LogP contribution is -2.38. The quantitative estimate of drug-likeness (QED) is 0.518. The Morgan fingerprint density at radius 2 is 1.93 bits per heavy atom. The highest BCUT2D eigenvalue weighted by atomic mass is 79.9. The van der Waals surface area contributed by atoms with Crippen molar-refractivity contribution in [2.45, 2.75) is 12.8 Å². The number of nitrogens with zero attached hydrogens (tertiary/aromatic N) is 2. The van der Waals surface area contributed by atoms with Crippen molar-refractivity contribution in [2.75, 3.05) is 31.6 Å². The largest absolute Gasteiger partial charge is 0.448 e. The number of amides is 1. The molecular formula is C22H23BrN4O3. The maximum atomic E-state index is 12.7. The van der Waals surface area contributed by atoms with E-state index in [4.69, 9.17) is 4.74 Å². The highest BCUT2D eigenvalue weighted by Gasteiger charge is 2.25. The zero-order valence-corrected chi connectivity index (χ0v) is 18.0. The van der Waals surface area contributed by atoms with Gasteiger partial charge in [-0.3, -0.25) is 20.1 Å². The van der Waals surface area contributed by atoms with Crippen LogP contribution in [0.4, 0.5) is 10.5 Å². The van der Waals surface area contributed by atoms with Crippen molar-refractivity contribution >= 4 is 44.4 Å². The number of nitrogens with one attached hydrogen (secondary N) is 2. The summed E-state index contributed by atoms with van der Waals surface area (Å²) in [6.07, 6.45) is 2.83. The number of ketones is 1. The van der Waals surface area contributed by atoms with Gasteiger partial charge in [-0.15, -0.1) is 0 Å². The average Bonchev–Trinajstić information content (AvgIpc) is 3.24. The maximum absolute atomic E-state index is 12.7. The minimum atomic E-state index is -0.482. The van der Waals surface area contributed by atoms with E-state index in [1.54, 1.807) is 6.20 Å². The number of halogens is 1. The first kappa shape index (κ1) is 20.6. The van der Waals surface area contributed by atoms with E-state index in [1.165, 1.54) is 0 Å². The number of hydrogen-bond acceptors (Lipinski definition) is 5. The molecule has 7 nitrogen and oxygen atoms in total. The Balaban J connectivity index is 1.19. The second-order valence-electron chi connectivity index (χ2n) is 7.38. The topological polar surface area (TPSA) is 87.3 Å². The van der Waals surface area contributed by atoms with Crippen LogP contribution < -0.4 is 5.32 Å². The zero-order chi connectivity index (χ0) is 20.9. The summed E-state index contributed by atoms with van der Waals surface area (Å²) < 4.78 is 6.31. The van der Waals surface area contributed by atoms with E-state index in [2.05, 4.69) is 36.3 Å². The number of ether oxygens (including phenoxy) is 1. The van der Waals surface area contributed by atoms with Crippen LogP contribution in [-0.2, 0) is 4.74 Å². The number of H-pyrrole nitrogens is 1. The number of carbonyl (C=O) groups is 2. The molecule has 0 radical (unpaired) electrons. The van der Waals surface area contributed by atoms with Gasteiger partial charge in [0.25, 0.3) is 0 Å². The SMILES string of the molecule is O=C(Nc1cccc2[nH]ncc12)OCCN1CCC(C(=O)c2ccc(Br)cc2)CC1. The molecule has 1 fully saturated rings. The van der Waals surface area contributed by atoms with Gasteiger partial charge in [0, 0.05) is 27.9 Å². The van der Waals surface area contributed by atoms with Gasteiger partial charge in [0.15, 0.2) is 5.78 Å². The van der Waals surface area contributed by atoms with Crippen LogP contribution >= 0.6 is 15.9 Å². The zero-order valence-electron chi connectivity index (χ0n) is 16.4. The first-order valence-electron chi connectivity index (χ1n) is 9.98. The first-order chi connectivity index (χ1) is 14.6. The van der Waals surface area contributed by atoms with Gasteiger partial charge in [0.05, 0.1) is 17.4 Å². The highest BCUT2D eigenvalue weighted by Crippen LogP contribution is 2.23. The van der Waals surface area contributed by atoms with Crippen LogP contribution in [0.3, 0.4) is 0 Å². The molecule has 1 aliphatic heterocycles. The van der Waals surface area contributed by atoms with E-state index in [9.17, 15) is 9.59 Å². The molecule has 2 heterocycles. The lowest BCUT2D eigenvalue weighted by Gasteiger charge is -2.31. The number of Topliss-reactive ketones (excluding diaryl/α,β-unsaturated/α-hetero) is 1. The molecule has 1 aromatic heterocycles. The number of benzene rings is 2. The van der Waals surface area contributed by atoms with Crippen LogP contribution in [-0.4, -0.2) is 53.2 Å². The van der Waals surface area contributed by atoms with Crippen LogP contribution in [0.1, 0.15) is 23.2 Å². The van der Waals surface area contributed by atoms with E-state index in [1.807, 2.05) is 42.5 Å². The first-order valence-corrected chi connectivity index (χ1v) is 10.8. The molecule has 1 amide bonds. The summed E-state index contributed by atoms with van der Waals surface area (Å²) in [5.41, 5.74) is 2.29. The Morgan fingerprint density at radius 1 is 1.17 bits per heavy atom. The lowest BCUT2D eigenvalue weighted by atomic mass is 9.89. The molecule has 0 aliphatic carbocycles. The number of aromatic amines is 1. The van der Waals surface area contributed by atoms with E-state index >= 15 is 0 Å². The van der Waals surface area contributed by atoms with E-state index in [0.717, 1.165) is 46.9 Å². The molecule has 30 heavy (non-hydrogen) atoms. The van der Waals surface area contributed by atoms with Gasteiger partial charge in [0.2, 0.25) is 0 Å². The third-order valence-corrected chi connectivity index (χ3v) is 5.98. The Bertz CT molecular complexity index is 1030. The Hall–Kier alpha value is -2.71. The summed E-state index contributed by atoms with van der Waals surface area (Å²) in [6, 6.07) is 13.1. The number of aromatic nitrogens is 2. The van der Waals surface area contributed by atoms with Crippen molar-refractivity contribution in [1.82, 2.24) is 15.1 Å². The molecule has 4 rings (SSSR count). The normalized spacial score (nSPS) is 15.2. The minimum absolute atomic E-state index is 0.0575. The summed E-state index contributed by atoms with van der Waals surface area (Å²) in [4.78, 5) is 27.0. The predicted molar refractivity (Wildman–Crippen MR) is 119 cm³/mol. The molecule has 156 valence electrons. The van der Waals surface area contributed by atoms with E-state index in [0.29, 0.717) is 18.8 Å². The van der Waals surface area contributed by atoms with Gasteiger partial charge in [-0.1, -0.05) is 34.1 Å².